The third-order valence-electron chi connectivity index (χ3n) is 3.82. The zero-order valence-corrected chi connectivity index (χ0v) is 15.8. The number of sulfonamides is 1. The van der Waals surface area contributed by atoms with Crippen molar-refractivity contribution in [2.45, 2.75) is 17.7 Å². The van der Waals surface area contributed by atoms with E-state index in [0.29, 0.717) is 19.0 Å². The monoisotopic (exact) mass is 427 g/mol. The maximum Gasteiger partial charge on any atom is 0.283 e. The van der Waals surface area contributed by atoms with E-state index in [1.165, 1.54) is 22.5 Å². The molecule has 1 aromatic rings. The number of nitrogens with one attached hydrogen (secondary N) is 1. The van der Waals surface area contributed by atoms with Crippen LogP contribution in [-0.4, -0.2) is 44.3 Å². The lowest BCUT2D eigenvalue weighted by atomic mass is 9.98. The number of hydrogen-bond acceptors (Lipinski definition) is 5. The molecule has 0 bridgehead atoms. The van der Waals surface area contributed by atoms with Crippen LogP contribution in [0.4, 0.5) is 5.69 Å². The van der Waals surface area contributed by atoms with E-state index in [9.17, 15) is 18.5 Å². The highest BCUT2D eigenvalue weighted by molar-refractivity contribution is 9.10. The van der Waals surface area contributed by atoms with Gasteiger partial charge in [0.25, 0.3) is 5.69 Å². The molecule has 1 saturated heterocycles. The Morgan fingerprint density at radius 1 is 1.39 bits per heavy atom. The lowest BCUT2D eigenvalue weighted by Crippen LogP contribution is -2.40. The Kier molecular flexibility index (Phi) is 7.40. The average molecular weight is 429 g/mol. The maximum absolute atomic E-state index is 12.6. The SMILES string of the molecule is CNCC1CCN(S(=O)(=O)c2ccc([N+](=O)[O-])c(Br)c2)CC1.Cl. The molecule has 0 aliphatic carbocycles. The summed E-state index contributed by atoms with van der Waals surface area (Å²) in [6.07, 6.45) is 1.63. The Morgan fingerprint density at radius 3 is 2.48 bits per heavy atom. The summed E-state index contributed by atoms with van der Waals surface area (Å²) in [6.45, 7) is 1.84. The molecule has 1 aromatic carbocycles. The van der Waals surface area contributed by atoms with Gasteiger partial charge in [0, 0.05) is 19.2 Å². The molecule has 0 radical (unpaired) electrons. The number of halogens is 2. The standard InChI is InChI=1S/C13H18BrN3O4S.ClH/c1-15-9-10-4-6-16(7-5-10)22(20,21)11-2-3-13(17(18)19)12(14)8-11;/h2-3,8,10,15H,4-7,9H2,1H3;1H. The molecule has 0 amide bonds. The highest BCUT2D eigenvalue weighted by Crippen LogP contribution is 2.30. The van der Waals surface area contributed by atoms with Gasteiger partial charge in [0.15, 0.2) is 0 Å². The Hall–Kier alpha value is -0.740. The lowest BCUT2D eigenvalue weighted by Gasteiger charge is -2.31. The van der Waals surface area contributed by atoms with Crippen LogP contribution >= 0.6 is 28.3 Å². The lowest BCUT2D eigenvalue weighted by molar-refractivity contribution is -0.385. The maximum atomic E-state index is 12.6. The molecule has 0 saturated carbocycles. The van der Waals surface area contributed by atoms with Crippen LogP contribution in [0.2, 0.25) is 0 Å². The smallest absolute Gasteiger partial charge is 0.283 e. The zero-order valence-electron chi connectivity index (χ0n) is 12.6. The van der Waals surface area contributed by atoms with Crippen molar-refractivity contribution in [3.05, 3.63) is 32.8 Å². The molecule has 1 aliphatic rings. The van der Waals surface area contributed by atoms with Gasteiger partial charge in [0.1, 0.15) is 0 Å². The van der Waals surface area contributed by atoms with Crippen molar-refractivity contribution in [2.24, 2.45) is 5.92 Å². The molecule has 1 aliphatic heterocycles. The average Bonchev–Trinajstić information content (AvgIpc) is 2.47. The molecule has 0 spiro atoms. The molecule has 0 unspecified atom stereocenters. The van der Waals surface area contributed by atoms with E-state index in [4.69, 9.17) is 0 Å². The van der Waals surface area contributed by atoms with Gasteiger partial charge in [-0.3, -0.25) is 10.1 Å². The fraction of sp³-hybridized carbons (Fsp3) is 0.538. The normalized spacial score (nSPS) is 16.8. The number of nitro groups is 1. The molecule has 23 heavy (non-hydrogen) atoms. The second-order valence-corrected chi connectivity index (χ2v) is 8.07. The minimum atomic E-state index is -3.61. The fourth-order valence-electron chi connectivity index (χ4n) is 2.59. The predicted octanol–water partition coefficient (Wildman–Crippen LogP) is 2.40. The molecular formula is C13H19BrClN3O4S. The summed E-state index contributed by atoms with van der Waals surface area (Å²) >= 11 is 3.06. The predicted molar refractivity (Wildman–Crippen MR) is 93.5 cm³/mol. The van der Waals surface area contributed by atoms with Gasteiger partial charge in [-0.25, -0.2) is 8.42 Å². The van der Waals surface area contributed by atoms with Gasteiger partial charge >= 0.3 is 0 Å². The first kappa shape index (κ1) is 20.3. The number of piperidine rings is 1. The molecule has 2 rings (SSSR count). The highest BCUT2D eigenvalue weighted by atomic mass is 79.9. The van der Waals surface area contributed by atoms with E-state index >= 15 is 0 Å². The van der Waals surface area contributed by atoms with Crippen LogP contribution in [0.25, 0.3) is 0 Å². The molecular weight excluding hydrogens is 410 g/mol. The van der Waals surface area contributed by atoms with Crippen LogP contribution in [0, 0.1) is 16.0 Å². The first-order chi connectivity index (χ1) is 10.4. The summed E-state index contributed by atoms with van der Waals surface area (Å²) in [6, 6.07) is 3.80. The van der Waals surface area contributed by atoms with Crippen LogP contribution in [0.5, 0.6) is 0 Å². The second-order valence-electron chi connectivity index (χ2n) is 5.28. The Morgan fingerprint density at radius 2 is 2.00 bits per heavy atom. The molecule has 0 atom stereocenters. The molecule has 10 heteroatoms. The van der Waals surface area contributed by atoms with Crippen molar-refractivity contribution in [1.29, 1.82) is 0 Å². The van der Waals surface area contributed by atoms with E-state index < -0.39 is 14.9 Å². The summed E-state index contributed by atoms with van der Waals surface area (Å²) in [5.41, 5.74) is -0.147. The van der Waals surface area contributed by atoms with Gasteiger partial charge in [-0.1, -0.05) is 0 Å². The van der Waals surface area contributed by atoms with Crippen molar-refractivity contribution in [1.82, 2.24) is 9.62 Å². The molecule has 1 N–H and O–H groups in total. The molecule has 7 nitrogen and oxygen atoms in total. The van der Waals surface area contributed by atoms with Gasteiger partial charge in [0.2, 0.25) is 10.0 Å². The Labute approximate surface area is 150 Å². The molecule has 0 aromatic heterocycles. The summed E-state index contributed by atoms with van der Waals surface area (Å²) in [5, 5.41) is 13.9. The third-order valence-corrected chi connectivity index (χ3v) is 6.35. The molecule has 130 valence electrons. The first-order valence-electron chi connectivity index (χ1n) is 6.95. The van der Waals surface area contributed by atoms with Gasteiger partial charge < -0.3 is 5.32 Å². The quantitative estimate of drug-likeness (QED) is 0.574. The fourth-order valence-corrected chi connectivity index (χ4v) is 4.76. The van der Waals surface area contributed by atoms with E-state index in [1.807, 2.05) is 7.05 Å². The van der Waals surface area contributed by atoms with E-state index in [-0.39, 0.29) is 27.5 Å². The number of nitro benzene ring substituents is 1. The topological polar surface area (TPSA) is 92.6 Å². The minimum Gasteiger partial charge on any atom is -0.319 e. The van der Waals surface area contributed by atoms with Crippen LogP contribution in [-0.2, 0) is 10.0 Å². The first-order valence-corrected chi connectivity index (χ1v) is 9.18. The van der Waals surface area contributed by atoms with E-state index in [1.54, 1.807) is 0 Å². The van der Waals surface area contributed by atoms with Crippen LogP contribution < -0.4 is 5.32 Å². The summed E-state index contributed by atoms with van der Waals surface area (Å²) in [4.78, 5) is 10.3. The van der Waals surface area contributed by atoms with Crippen LogP contribution in [0.15, 0.2) is 27.6 Å². The Bertz CT molecular complexity index is 663. The third kappa shape index (κ3) is 4.63. The van der Waals surface area contributed by atoms with Gasteiger partial charge in [-0.05, 0) is 60.4 Å². The van der Waals surface area contributed by atoms with Crippen LogP contribution in [0.3, 0.4) is 0 Å². The van der Waals surface area contributed by atoms with Gasteiger partial charge in [-0.2, -0.15) is 4.31 Å². The number of nitrogens with zero attached hydrogens (tertiary/aromatic N) is 2. The van der Waals surface area contributed by atoms with Crippen molar-refractivity contribution in [3.63, 3.8) is 0 Å². The number of benzene rings is 1. The minimum absolute atomic E-state index is 0. The van der Waals surface area contributed by atoms with E-state index in [0.717, 1.165) is 19.4 Å². The highest BCUT2D eigenvalue weighted by Gasteiger charge is 2.30. The summed E-state index contributed by atoms with van der Waals surface area (Å²) in [5.74, 6) is 0.486. The number of rotatable bonds is 5. The van der Waals surface area contributed by atoms with Crippen LogP contribution in [0.1, 0.15) is 12.8 Å². The molecule has 1 heterocycles. The van der Waals surface area contributed by atoms with Gasteiger partial charge in [0.05, 0.1) is 14.3 Å². The van der Waals surface area contributed by atoms with Crippen molar-refractivity contribution in [3.8, 4) is 0 Å². The van der Waals surface area contributed by atoms with Gasteiger partial charge in [-0.15, -0.1) is 12.4 Å². The van der Waals surface area contributed by atoms with Crippen molar-refractivity contribution >= 4 is 44.0 Å². The second kappa shape index (κ2) is 8.39. The number of hydrogen-bond donors (Lipinski definition) is 1. The summed E-state index contributed by atoms with van der Waals surface area (Å²) in [7, 11) is -1.72. The van der Waals surface area contributed by atoms with Crippen molar-refractivity contribution < 1.29 is 13.3 Å². The largest absolute Gasteiger partial charge is 0.319 e. The van der Waals surface area contributed by atoms with Crippen molar-refractivity contribution in [2.75, 3.05) is 26.7 Å². The zero-order chi connectivity index (χ0) is 16.3. The Balaban J connectivity index is 0.00000264. The summed E-state index contributed by atoms with van der Waals surface area (Å²) < 4.78 is 26.8. The molecule has 1 fully saturated rings. The van der Waals surface area contributed by atoms with E-state index in [2.05, 4.69) is 21.2 Å².